The second kappa shape index (κ2) is 5.89. The van der Waals surface area contributed by atoms with Gasteiger partial charge in [0.25, 0.3) is 0 Å². The van der Waals surface area contributed by atoms with Crippen LogP contribution in [0.2, 0.25) is 5.02 Å². The van der Waals surface area contributed by atoms with Gasteiger partial charge in [0.15, 0.2) is 0 Å². The molecule has 1 saturated heterocycles. The topological polar surface area (TPSA) is 50.3 Å². The summed E-state index contributed by atoms with van der Waals surface area (Å²) in [5.41, 5.74) is 1.06. The van der Waals surface area contributed by atoms with Crippen molar-refractivity contribution in [2.75, 3.05) is 4.90 Å². The maximum Gasteiger partial charge on any atom is 0.239 e. The number of amides is 2. The molecule has 0 spiro atoms. The number of carbonyl (C=O) groups excluding carboxylic acids is 2. The summed E-state index contributed by atoms with van der Waals surface area (Å²) >= 11 is 5.80. The summed E-state index contributed by atoms with van der Waals surface area (Å²) in [6.07, 6.45) is 1.64. The Morgan fingerprint density at radius 1 is 1.18 bits per heavy atom. The van der Waals surface area contributed by atoms with E-state index in [-0.39, 0.29) is 30.1 Å². The standard InChI is InChI=1S/C17H15ClN2O2/c1-11(12-5-3-2-4-6-12)14-9-16(21)20(17(14)22)15-8-7-13(18)10-19-15/h2-8,10-11,14H,9H2,1H3/t11-,14+/m0/s1. The fourth-order valence-corrected chi connectivity index (χ4v) is 2.89. The fraction of sp³-hybridized carbons (Fsp3) is 0.235. The van der Waals surface area contributed by atoms with Gasteiger partial charge >= 0.3 is 0 Å². The van der Waals surface area contributed by atoms with E-state index in [9.17, 15) is 9.59 Å². The zero-order valence-electron chi connectivity index (χ0n) is 12.1. The predicted octanol–water partition coefficient (Wildman–Crippen LogP) is 3.42. The van der Waals surface area contributed by atoms with Gasteiger partial charge in [-0.1, -0.05) is 48.9 Å². The Bertz CT molecular complexity index is 700. The molecule has 1 aromatic heterocycles. The average Bonchev–Trinajstić information content (AvgIpc) is 2.83. The van der Waals surface area contributed by atoms with Crippen molar-refractivity contribution in [1.82, 2.24) is 4.98 Å². The Hall–Kier alpha value is -2.20. The minimum atomic E-state index is -0.354. The van der Waals surface area contributed by atoms with E-state index >= 15 is 0 Å². The molecule has 1 aliphatic rings. The lowest BCUT2D eigenvalue weighted by molar-refractivity contribution is -0.122. The largest absolute Gasteiger partial charge is 0.274 e. The van der Waals surface area contributed by atoms with Crippen molar-refractivity contribution in [2.24, 2.45) is 5.92 Å². The van der Waals surface area contributed by atoms with E-state index < -0.39 is 0 Å². The first kappa shape index (κ1) is 14.7. The molecular formula is C17H15ClN2O2. The van der Waals surface area contributed by atoms with Crippen molar-refractivity contribution in [2.45, 2.75) is 19.3 Å². The van der Waals surface area contributed by atoms with Crippen molar-refractivity contribution in [3.63, 3.8) is 0 Å². The highest BCUT2D eigenvalue weighted by Gasteiger charge is 2.43. The number of imide groups is 1. The quantitative estimate of drug-likeness (QED) is 0.816. The first-order valence-corrected chi connectivity index (χ1v) is 7.49. The van der Waals surface area contributed by atoms with Gasteiger partial charge in [-0.05, 0) is 23.6 Å². The van der Waals surface area contributed by atoms with Crippen LogP contribution in [0.25, 0.3) is 0 Å². The van der Waals surface area contributed by atoms with Crippen LogP contribution in [0.5, 0.6) is 0 Å². The van der Waals surface area contributed by atoms with Gasteiger partial charge in [-0.15, -0.1) is 0 Å². The molecule has 0 aliphatic carbocycles. The number of halogens is 1. The number of pyridine rings is 1. The molecule has 3 rings (SSSR count). The van der Waals surface area contributed by atoms with E-state index in [1.807, 2.05) is 37.3 Å². The fourth-order valence-electron chi connectivity index (χ4n) is 2.78. The van der Waals surface area contributed by atoms with Crippen LogP contribution in [-0.4, -0.2) is 16.8 Å². The lowest BCUT2D eigenvalue weighted by Gasteiger charge is -2.18. The first-order chi connectivity index (χ1) is 10.6. The molecule has 2 heterocycles. The van der Waals surface area contributed by atoms with Gasteiger partial charge in [0, 0.05) is 12.6 Å². The third-order valence-electron chi connectivity index (χ3n) is 4.05. The zero-order chi connectivity index (χ0) is 15.7. The molecule has 2 aromatic rings. The summed E-state index contributed by atoms with van der Waals surface area (Å²) in [5.74, 6) is -0.451. The Kier molecular flexibility index (Phi) is 3.94. The molecule has 0 radical (unpaired) electrons. The molecule has 112 valence electrons. The van der Waals surface area contributed by atoms with Crippen LogP contribution in [0, 0.1) is 5.92 Å². The van der Waals surface area contributed by atoms with Crippen LogP contribution in [0.3, 0.4) is 0 Å². The third-order valence-corrected chi connectivity index (χ3v) is 4.27. The molecule has 1 aromatic carbocycles. The van der Waals surface area contributed by atoms with E-state index in [1.54, 1.807) is 12.1 Å². The van der Waals surface area contributed by atoms with Crippen LogP contribution in [0.1, 0.15) is 24.8 Å². The molecule has 1 fully saturated rings. The van der Waals surface area contributed by atoms with E-state index in [4.69, 9.17) is 11.6 Å². The molecular weight excluding hydrogens is 300 g/mol. The number of benzene rings is 1. The zero-order valence-corrected chi connectivity index (χ0v) is 12.8. The molecule has 0 N–H and O–H groups in total. The molecule has 0 saturated carbocycles. The Morgan fingerprint density at radius 2 is 1.91 bits per heavy atom. The van der Waals surface area contributed by atoms with Crippen molar-refractivity contribution >= 4 is 29.2 Å². The minimum Gasteiger partial charge on any atom is -0.274 e. The number of aromatic nitrogens is 1. The maximum atomic E-state index is 12.6. The van der Waals surface area contributed by atoms with Gasteiger partial charge in [-0.25, -0.2) is 9.88 Å². The van der Waals surface area contributed by atoms with Crippen molar-refractivity contribution in [1.29, 1.82) is 0 Å². The highest BCUT2D eigenvalue weighted by atomic mass is 35.5. The van der Waals surface area contributed by atoms with Gasteiger partial charge in [0.2, 0.25) is 11.8 Å². The number of hydrogen-bond donors (Lipinski definition) is 0. The molecule has 2 atom stereocenters. The summed E-state index contributed by atoms with van der Waals surface area (Å²) in [5, 5.41) is 0.469. The summed E-state index contributed by atoms with van der Waals surface area (Å²) in [4.78, 5) is 30.1. The van der Waals surface area contributed by atoms with E-state index in [0.29, 0.717) is 10.8 Å². The van der Waals surface area contributed by atoms with E-state index in [1.165, 1.54) is 11.1 Å². The summed E-state index contributed by atoms with van der Waals surface area (Å²) in [6.45, 7) is 1.98. The molecule has 2 amide bonds. The van der Waals surface area contributed by atoms with Crippen LogP contribution in [0.4, 0.5) is 5.82 Å². The predicted molar refractivity (Wildman–Crippen MR) is 84.7 cm³/mol. The number of hydrogen-bond acceptors (Lipinski definition) is 3. The Balaban J connectivity index is 1.87. The van der Waals surface area contributed by atoms with Crippen molar-refractivity contribution in [3.05, 3.63) is 59.2 Å². The molecule has 1 aliphatic heterocycles. The van der Waals surface area contributed by atoms with Crippen LogP contribution in [0.15, 0.2) is 48.7 Å². The molecule has 5 heteroatoms. The number of nitrogens with zero attached hydrogens (tertiary/aromatic N) is 2. The summed E-state index contributed by atoms with van der Waals surface area (Å²) in [6, 6.07) is 13.0. The van der Waals surface area contributed by atoms with Gasteiger partial charge in [0.1, 0.15) is 5.82 Å². The molecule has 0 unspecified atom stereocenters. The summed E-state index contributed by atoms with van der Waals surface area (Å²) < 4.78 is 0. The number of carbonyl (C=O) groups is 2. The normalized spacial score (nSPS) is 19.5. The maximum absolute atomic E-state index is 12.6. The smallest absolute Gasteiger partial charge is 0.239 e. The second-order valence-electron chi connectivity index (χ2n) is 5.41. The highest BCUT2D eigenvalue weighted by Crippen LogP contribution is 2.35. The molecule has 4 nitrogen and oxygen atoms in total. The number of anilines is 1. The third kappa shape index (κ3) is 2.62. The van der Waals surface area contributed by atoms with Gasteiger partial charge in [-0.2, -0.15) is 0 Å². The lowest BCUT2D eigenvalue weighted by Crippen LogP contribution is -2.32. The van der Waals surface area contributed by atoms with Crippen LogP contribution < -0.4 is 4.90 Å². The first-order valence-electron chi connectivity index (χ1n) is 7.11. The van der Waals surface area contributed by atoms with Gasteiger partial charge in [-0.3, -0.25) is 9.59 Å². The minimum absolute atomic E-state index is 0.0186. The Labute approximate surface area is 133 Å². The van der Waals surface area contributed by atoms with Crippen molar-refractivity contribution < 1.29 is 9.59 Å². The highest BCUT2D eigenvalue weighted by molar-refractivity contribution is 6.30. The van der Waals surface area contributed by atoms with Gasteiger partial charge in [0.05, 0.1) is 10.9 Å². The molecule has 0 bridgehead atoms. The average molecular weight is 315 g/mol. The van der Waals surface area contributed by atoms with Crippen LogP contribution >= 0.6 is 11.6 Å². The van der Waals surface area contributed by atoms with E-state index in [0.717, 1.165) is 5.56 Å². The van der Waals surface area contributed by atoms with Gasteiger partial charge < -0.3 is 0 Å². The molecule has 22 heavy (non-hydrogen) atoms. The Morgan fingerprint density at radius 3 is 2.55 bits per heavy atom. The summed E-state index contributed by atoms with van der Waals surface area (Å²) in [7, 11) is 0. The lowest BCUT2D eigenvalue weighted by atomic mass is 9.86. The second-order valence-corrected chi connectivity index (χ2v) is 5.85. The monoisotopic (exact) mass is 314 g/mol. The SMILES string of the molecule is C[C@@H](c1ccccc1)[C@H]1CC(=O)N(c2ccc(Cl)cn2)C1=O. The number of rotatable bonds is 3. The van der Waals surface area contributed by atoms with Crippen molar-refractivity contribution in [3.8, 4) is 0 Å². The van der Waals surface area contributed by atoms with E-state index in [2.05, 4.69) is 4.98 Å². The van der Waals surface area contributed by atoms with Crippen LogP contribution in [-0.2, 0) is 9.59 Å².